The maximum absolute atomic E-state index is 12.0. The standard InChI is InChI=1S/C10H15N3O4S/c1-12-5-4-11-9(12)6-13(8-2-3-8)18(16,17)7-10(14)15/h4-5,8H,2-3,6-7H2,1H3,(H,14,15). The molecular weight excluding hydrogens is 258 g/mol. The number of nitrogens with zero attached hydrogens (tertiary/aromatic N) is 3. The van der Waals surface area contributed by atoms with E-state index in [0.717, 1.165) is 12.8 Å². The number of hydrogen-bond donors (Lipinski definition) is 1. The van der Waals surface area contributed by atoms with Gasteiger partial charge < -0.3 is 9.67 Å². The first-order valence-corrected chi connectivity index (χ1v) is 7.18. The van der Waals surface area contributed by atoms with Gasteiger partial charge >= 0.3 is 5.97 Å². The summed E-state index contributed by atoms with van der Waals surface area (Å²) in [5, 5.41) is 8.65. The van der Waals surface area contributed by atoms with Gasteiger partial charge in [-0.15, -0.1) is 0 Å². The quantitative estimate of drug-likeness (QED) is 0.774. The number of carboxylic acids is 1. The lowest BCUT2D eigenvalue weighted by atomic mass is 10.5. The number of hydrogen-bond acceptors (Lipinski definition) is 4. The van der Waals surface area contributed by atoms with Gasteiger partial charge in [-0.2, -0.15) is 4.31 Å². The second kappa shape index (κ2) is 4.69. The van der Waals surface area contributed by atoms with Crippen molar-refractivity contribution in [2.45, 2.75) is 25.4 Å². The fourth-order valence-corrected chi connectivity index (χ4v) is 3.20. The molecule has 1 heterocycles. The first-order chi connectivity index (χ1) is 8.40. The molecule has 0 aromatic carbocycles. The van der Waals surface area contributed by atoms with E-state index in [2.05, 4.69) is 4.98 Å². The number of aromatic nitrogens is 2. The van der Waals surface area contributed by atoms with Crippen molar-refractivity contribution in [3.8, 4) is 0 Å². The molecule has 1 saturated carbocycles. The Balaban J connectivity index is 2.19. The Labute approximate surface area is 105 Å². The third-order valence-electron chi connectivity index (χ3n) is 2.84. The number of sulfonamides is 1. The summed E-state index contributed by atoms with van der Waals surface area (Å²) in [7, 11) is -2.00. The van der Waals surface area contributed by atoms with Gasteiger partial charge in [0, 0.05) is 25.5 Å². The molecule has 0 spiro atoms. The number of carboxylic acid groups (broad SMARTS) is 1. The average molecular weight is 273 g/mol. The Bertz CT molecular complexity index is 547. The summed E-state index contributed by atoms with van der Waals surface area (Å²) in [5.74, 6) is -1.59. The molecule has 1 fully saturated rings. The zero-order chi connectivity index (χ0) is 13.3. The molecule has 0 radical (unpaired) electrons. The van der Waals surface area contributed by atoms with Crippen LogP contribution in [0.4, 0.5) is 0 Å². The Hall–Kier alpha value is -1.41. The summed E-state index contributed by atoms with van der Waals surface area (Å²) in [6, 6.07) is -0.0777. The number of aryl methyl sites for hydroxylation is 1. The van der Waals surface area contributed by atoms with Crippen molar-refractivity contribution in [1.82, 2.24) is 13.9 Å². The van der Waals surface area contributed by atoms with Crippen molar-refractivity contribution in [3.05, 3.63) is 18.2 Å². The second-order valence-corrected chi connectivity index (χ2v) is 6.30. The van der Waals surface area contributed by atoms with E-state index in [1.165, 1.54) is 4.31 Å². The van der Waals surface area contributed by atoms with Gasteiger partial charge in [0.2, 0.25) is 10.0 Å². The lowest BCUT2D eigenvalue weighted by molar-refractivity contribution is -0.134. The Morgan fingerprint density at radius 1 is 1.61 bits per heavy atom. The molecule has 8 heteroatoms. The Kier molecular flexibility index (Phi) is 3.40. The van der Waals surface area contributed by atoms with Crippen LogP contribution in [0.25, 0.3) is 0 Å². The smallest absolute Gasteiger partial charge is 0.320 e. The first kappa shape index (κ1) is 13.0. The Morgan fingerprint density at radius 3 is 2.72 bits per heavy atom. The number of carbonyl (C=O) groups is 1. The van der Waals surface area contributed by atoms with Crippen molar-refractivity contribution in [2.75, 3.05) is 5.75 Å². The van der Waals surface area contributed by atoms with Crippen LogP contribution in [0, 0.1) is 0 Å². The minimum absolute atomic E-state index is 0.0777. The normalized spacial score (nSPS) is 16.1. The lowest BCUT2D eigenvalue weighted by Crippen LogP contribution is -2.37. The predicted octanol–water partition coefficient (Wildman–Crippen LogP) is -0.201. The third-order valence-corrected chi connectivity index (χ3v) is 4.59. The van der Waals surface area contributed by atoms with E-state index in [9.17, 15) is 13.2 Å². The predicted molar refractivity (Wildman–Crippen MR) is 63.2 cm³/mol. The van der Waals surface area contributed by atoms with Crippen LogP contribution in [0.5, 0.6) is 0 Å². The fourth-order valence-electron chi connectivity index (χ4n) is 1.74. The summed E-state index contributed by atoms with van der Waals surface area (Å²) >= 11 is 0. The van der Waals surface area contributed by atoms with E-state index in [4.69, 9.17) is 5.11 Å². The van der Waals surface area contributed by atoms with Crippen LogP contribution in [0.2, 0.25) is 0 Å². The molecule has 0 amide bonds. The van der Waals surface area contributed by atoms with Crippen LogP contribution in [-0.4, -0.2) is 45.1 Å². The lowest BCUT2D eigenvalue weighted by Gasteiger charge is -2.20. The van der Waals surface area contributed by atoms with Crippen molar-refractivity contribution < 1.29 is 18.3 Å². The molecule has 1 aromatic heterocycles. The van der Waals surface area contributed by atoms with Crippen LogP contribution in [0.3, 0.4) is 0 Å². The van der Waals surface area contributed by atoms with E-state index in [0.29, 0.717) is 5.82 Å². The molecule has 100 valence electrons. The molecule has 0 aliphatic heterocycles. The van der Waals surface area contributed by atoms with Crippen LogP contribution >= 0.6 is 0 Å². The van der Waals surface area contributed by atoms with Gasteiger partial charge in [0.1, 0.15) is 5.82 Å². The van der Waals surface area contributed by atoms with Crippen molar-refractivity contribution in [2.24, 2.45) is 7.05 Å². The van der Waals surface area contributed by atoms with E-state index < -0.39 is 21.7 Å². The average Bonchev–Trinajstić information content (AvgIpc) is 2.98. The van der Waals surface area contributed by atoms with Crippen molar-refractivity contribution in [3.63, 3.8) is 0 Å². The van der Waals surface area contributed by atoms with Gasteiger partial charge in [-0.1, -0.05) is 0 Å². The highest BCUT2D eigenvalue weighted by molar-refractivity contribution is 7.89. The summed E-state index contributed by atoms with van der Waals surface area (Å²) in [6.45, 7) is 0.129. The molecule has 1 N–H and O–H groups in total. The molecule has 0 saturated heterocycles. The van der Waals surface area contributed by atoms with Gasteiger partial charge in [0.15, 0.2) is 5.75 Å². The van der Waals surface area contributed by atoms with Crippen LogP contribution in [-0.2, 0) is 28.4 Å². The van der Waals surface area contributed by atoms with Gasteiger partial charge in [0.05, 0.1) is 6.54 Å². The second-order valence-electron chi connectivity index (χ2n) is 4.38. The topological polar surface area (TPSA) is 92.5 Å². The van der Waals surface area contributed by atoms with Gasteiger partial charge in [-0.25, -0.2) is 13.4 Å². The highest BCUT2D eigenvalue weighted by atomic mass is 32.2. The van der Waals surface area contributed by atoms with Gasteiger partial charge in [-0.3, -0.25) is 4.79 Å². The summed E-state index contributed by atoms with van der Waals surface area (Å²) in [4.78, 5) is 14.7. The molecular formula is C10H15N3O4S. The molecule has 1 aliphatic rings. The third kappa shape index (κ3) is 2.88. The van der Waals surface area contributed by atoms with Gasteiger partial charge in [-0.05, 0) is 12.8 Å². The molecule has 1 aromatic rings. The zero-order valence-electron chi connectivity index (χ0n) is 9.98. The maximum atomic E-state index is 12.0. The van der Waals surface area contributed by atoms with E-state index in [1.54, 1.807) is 24.0 Å². The zero-order valence-corrected chi connectivity index (χ0v) is 10.8. The summed E-state index contributed by atoms with van der Waals surface area (Å²) < 4.78 is 26.9. The first-order valence-electron chi connectivity index (χ1n) is 5.57. The van der Waals surface area contributed by atoms with Crippen molar-refractivity contribution >= 4 is 16.0 Å². The molecule has 7 nitrogen and oxygen atoms in total. The number of aliphatic carboxylic acids is 1. The van der Waals surface area contributed by atoms with Crippen molar-refractivity contribution in [1.29, 1.82) is 0 Å². The van der Waals surface area contributed by atoms with E-state index in [1.807, 2.05) is 0 Å². The summed E-state index contributed by atoms with van der Waals surface area (Å²) in [5.41, 5.74) is 0. The molecule has 18 heavy (non-hydrogen) atoms. The molecule has 2 rings (SSSR count). The summed E-state index contributed by atoms with van der Waals surface area (Å²) in [6.07, 6.45) is 4.88. The van der Waals surface area contributed by atoms with Crippen LogP contribution in [0.15, 0.2) is 12.4 Å². The minimum atomic E-state index is -3.77. The van der Waals surface area contributed by atoms with Crippen LogP contribution in [0.1, 0.15) is 18.7 Å². The van der Waals surface area contributed by atoms with Crippen LogP contribution < -0.4 is 0 Å². The Morgan fingerprint density at radius 2 is 2.28 bits per heavy atom. The SMILES string of the molecule is Cn1ccnc1CN(C1CC1)S(=O)(=O)CC(=O)O. The van der Waals surface area contributed by atoms with E-state index in [-0.39, 0.29) is 12.6 Å². The molecule has 0 unspecified atom stereocenters. The highest BCUT2D eigenvalue weighted by Gasteiger charge is 2.38. The van der Waals surface area contributed by atoms with Gasteiger partial charge in [0.25, 0.3) is 0 Å². The molecule has 0 bridgehead atoms. The fraction of sp³-hybridized carbons (Fsp3) is 0.600. The largest absolute Gasteiger partial charge is 0.480 e. The highest BCUT2D eigenvalue weighted by Crippen LogP contribution is 2.30. The number of imidazole rings is 1. The monoisotopic (exact) mass is 273 g/mol. The number of rotatable bonds is 6. The maximum Gasteiger partial charge on any atom is 0.320 e. The minimum Gasteiger partial charge on any atom is -0.480 e. The molecule has 0 atom stereocenters. The molecule has 1 aliphatic carbocycles. The van der Waals surface area contributed by atoms with E-state index >= 15 is 0 Å².